The van der Waals surface area contributed by atoms with Gasteiger partial charge in [-0.15, -0.1) is 0 Å². The van der Waals surface area contributed by atoms with Crippen molar-refractivity contribution in [3.63, 3.8) is 0 Å². The van der Waals surface area contributed by atoms with Gasteiger partial charge in [0, 0.05) is 17.0 Å². The summed E-state index contributed by atoms with van der Waals surface area (Å²) in [6.07, 6.45) is 2.96. The van der Waals surface area contributed by atoms with Crippen LogP contribution in [0.1, 0.15) is 10.5 Å². The number of nitrogens with zero attached hydrogens (tertiary/aromatic N) is 2. The normalized spacial score (nSPS) is 10.9. The highest BCUT2D eigenvalue weighted by Gasteiger charge is 2.14. The van der Waals surface area contributed by atoms with Crippen LogP contribution in [0.15, 0.2) is 57.9 Å². The summed E-state index contributed by atoms with van der Waals surface area (Å²) in [6, 6.07) is 10.9. The number of fused-ring (bicyclic) bond motifs is 1. The fraction of sp³-hybridized carbons (Fsp3) is 0. The molecule has 4 rings (SSSR count). The van der Waals surface area contributed by atoms with Gasteiger partial charge < -0.3 is 14.3 Å². The Morgan fingerprint density at radius 3 is 2.91 bits per heavy atom. The lowest BCUT2D eigenvalue weighted by molar-refractivity contribution is 0.101. The van der Waals surface area contributed by atoms with Crippen molar-refractivity contribution >= 4 is 22.6 Å². The average Bonchev–Trinajstić information content (AvgIpc) is 3.29. The van der Waals surface area contributed by atoms with Crippen LogP contribution in [0.25, 0.3) is 22.2 Å². The van der Waals surface area contributed by atoms with Gasteiger partial charge in [0.05, 0.1) is 11.8 Å². The predicted molar refractivity (Wildman–Crippen MR) is 78.3 cm³/mol. The summed E-state index contributed by atoms with van der Waals surface area (Å²) < 4.78 is 10.0. The first kappa shape index (κ1) is 12.4. The maximum absolute atomic E-state index is 12.0. The molecule has 0 aliphatic carbocycles. The molecule has 3 aromatic heterocycles. The van der Waals surface area contributed by atoms with Gasteiger partial charge >= 0.3 is 0 Å². The van der Waals surface area contributed by atoms with Crippen LogP contribution in [0.2, 0.25) is 0 Å². The topological polar surface area (TPSA) is 97.0 Å². The molecule has 1 amide bonds. The zero-order valence-corrected chi connectivity index (χ0v) is 11.2. The molecular weight excluding hydrogens is 284 g/mol. The predicted octanol–water partition coefficient (Wildman–Crippen LogP) is 3.06. The van der Waals surface area contributed by atoms with Crippen LogP contribution in [0.3, 0.4) is 0 Å². The number of aromatic amines is 1. The zero-order valence-electron chi connectivity index (χ0n) is 11.2. The van der Waals surface area contributed by atoms with E-state index in [1.54, 1.807) is 6.26 Å². The van der Waals surface area contributed by atoms with Crippen LogP contribution in [0, 0.1) is 0 Å². The molecule has 22 heavy (non-hydrogen) atoms. The Labute approximate surface area is 123 Å². The highest BCUT2D eigenvalue weighted by Crippen LogP contribution is 2.27. The van der Waals surface area contributed by atoms with Crippen molar-refractivity contribution in [3.8, 4) is 11.3 Å². The quantitative estimate of drug-likeness (QED) is 0.605. The van der Waals surface area contributed by atoms with Crippen molar-refractivity contribution in [1.29, 1.82) is 0 Å². The number of amides is 1. The van der Waals surface area contributed by atoms with E-state index in [1.807, 2.05) is 30.3 Å². The minimum atomic E-state index is -0.378. The number of nitrogens with one attached hydrogen (secondary N) is 2. The third-order valence-electron chi connectivity index (χ3n) is 3.27. The van der Waals surface area contributed by atoms with Gasteiger partial charge in [0.25, 0.3) is 5.91 Å². The van der Waals surface area contributed by atoms with Gasteiger partial charge in [-0.3, -0.25) is 9.89 Å². The fourth-order valence-corrected chi connectivity index (χ4v) is 2.21. The molecule has 1 aromatic carbocycles. The number of rotatable bonds is 3. The number of carbonyl (C=O) groups excluding carboxylic acids is 1. The van der Waals surface area contributed by atoms with Crippen molar-refractivity contribution in [2.45, 2.75) is 0 Å². The monoisotopic (exact) mass is 294 g/mol. The Morgan fingerprint density at radius 2 is 2.14 bits per heavy atom. The molecule has 0 bridgehead atoms. The Bertz CT molecular complexity index is 923. The number of benzene rings is 1. The summed E-state index contributed by atoms with van der Waals surface area (Å²) in [7, 11) is 0. The van der Waals surface area contributed by atoms with E-state index in [4.69, 9.17) is 4.42 Å². The lowest BCUT2D eigenvalue weighted by Crippen LogP contribution is -2.12. The zero-order chi connectivity index (χ0) is 14.9. The minimum absolute atomic E-state index is 0.198. The van der Waals surface area contributed by atoms with Gasteiger partial charge in [0.1, 0.15) is 12.0 Å². The third-order valence-corrected chi connectivity index (χ3v) is 3.27. The SMILES string of the molecule is O=C(Nc1n[nH]c2cc(-c3ccco3)ccc12)c1ccon1. The van der Waals surface area contributed by atoms with E-state index in [2.05, 4.69) is 25.2 Å². The van der Waals surface area contributed by atoms with Gasteiger partial charge in [-0.1, -0.05) is 11.2 Å². The molecule has 0 saturated carbocycles. The number of furan rings is 1. The second kappa shape index (κ2) is 4.88. The van der Waals surface area contributed by atoms with Crippen LogP contribution in [0.5, 0.6) is 0 Å². The van der Waals surface area contributed by atoms with E-state index >= 15 is 0 Å². The Morgan fingerprint density at radius 1 is 1.18 bits per heavy atom. The van der Waals surface area contributed by atoms with Crippen molar-refractivity contribution in [3.05, 3.63) is 54.6 Å². The first-order chi connectivity index (χ1) is 10.8. The minimum Gasteiger partial charge on any atom is -0.464 e. The van der Waals surface area contributed by atoms with E-state index in [0.717, 1.165) is 22.2 Å². The molecule has 108 valence electrons. The van der Waals surface area contributed by atoms with E-state index in [9.17, 15) is 4.79 Å². The molecule has 2 N–H and O–H groups in total. The number of H-pyrrole nitrogens is 1. The molecule has 0 atom stereocenters. The molecule has 3 heterocycles. The van der Waals surface area contributed by atoms with Crippen LogP contribution >= 0.6 is 0 Å². The van der Waals surface area contributed by atoms with E-state index in [0.29, 0.717) is 5.82 Å². The van der Waals surface area contributed by atoms with Crippen molar-refractivity contribution in [1.82, 2.24) is 15.4 Å². The second-order valence-electron chi connectivity index (χ2n) is 4.65. The van der Waals surface area contributed by atoms with Gasteiger partial charge in [0.15, 0.2) is 11.5 Å². The molecular formula is C15H10N4O3. The highest BCUT2D eigenvalue weighted by molar-refractivity contribution is 6.07. The molecule has 7 nitrogen and oxygen atoms in total. The number of hydrogen-bond donors (Lipinski definition) is 2. The summed E-state index contributed by atoms with van der Waals surface area (Å²) in [5.74, 6) is 0.830. The Kier molecular flexibility index (Phi) is 2.75. The molecule has 0 aliphatic heterocycles. The maximum atomic E-state index is 12.0. The second-order valence-corrected chi connectivity index (χ2v) is 4.65. The largest absolute Gasteiger partial charge is 0.464 e. The van der Waals surface area contributed by atoms with Gasteiger partial charge in [-0.25, -0.2) is 0 Å². The van der Waals surface area contributed by atoms with Gasteiger partial charge in [-0.05, 0) is 24.3 Å². The first-order valence-electron chi connectivity index (χ1n) is 6.55. The molecule has 7 heteroatoms. The molecule has 4 aromatic rings. The number of hydrogen-bond acceptors (Lipinski definition) is 5. The fourth-order valence-electron chi connectivity index (χ4n) is 2.21. The van der Waals surface area contributed by atoms with Gasteiger partial charge in [-0.2, -0.15) is 5.10 Å². The summed E-state index contributed by atoms with van der Waals surface area (Å²) in [5.41, 5.74) is 1.92. The molecule has 0 fully saturated rings. The van der Waals surface area contributed by atoms with Crippen LogP contribution < -0.4 is 5.32 Å². The molecule has 0 saturated heterocycles. The molecule has 0 aliphatic rings. The Balaban J connectivity index is 1.67. The number of anilines is 1. The standard InChI is InChI=1S/C15H10N4O3/c20-15(11-5-7-22-19-11)16-14-10-4-3-9(8-12(10)17-18-14)13-2-1-6-21-13/h1-8H,(H2,16,17,18,20). The summed E-state index contributed by atoms with van der Waals surface area (Å²) >= 11 is 0. The number of aromatic nitrogens is 3. The van der Waals surface area contributed by atoms with Gasteiger partial charge in [0.2, 0.25) is 0 Å². The van der Waals surface area contributed by atoms with E-state index < -0.39 is 0 Å². The molecule has 0 unspecified atom stereocenters. The number of carbonyl (C=O) groups is 1. The smallest absolute Gasteiger partial charge is 0.279 e. The summed E-state index contributed by atoms with van der Waals surface area (Å²) in [4.78, 5) is 12.0. The van der Waals surface area contributed by atoms with Crippen molar-refractivity contribution in [2.75, 3.05) is 5.32 Å². The first-order valence-corrected chi connectivity index (χ1v) is 6.55. The third kappa shape index (κ3) is 2.05. The van der Waals surface area contributed by atoms with Crippen LogP contribution in [-0.2, 0) is 0 Å². The Hall–Kier alpha value is -3.35. The van der Waals surface area contributed by atoms with Crippen molar-refractivity contribution < 1.29 is 13.7 Å². The van der Waals surface area contributed by atoms with Crippen LogP contribution in [-0.4, -0.2) is 21.3 Å². The summed E-state index contributed by atoms with van der Waals surface area (Å²) in [6.45, 7) is 0. The summed E-state index contributed by atoms with van der Waals surface area (Å²) in [5, 5.41) is 14.1. The molecule has 0 spiro atoms. The maximum Gasteiger partial charge on any atom is 0.279 e. The lowest BCUT2D eigenvalue weighted by Gasteiger charge is -2.00. The lowest BCUT2D eigenvalue weighted by atomic mass is 10.1. The van der Waals surface area contributed by atoms with E-state index in [1.165, 1.54) is 12.3 Å². The highest BCUT2D eigenvalue weighted by atomic mass is 16.5. The average molecular weight is 294 g/mol. The molecule has 0 radical (unpaired) electrons. The van der Waals surface area contributed by atoms with Crippen LogP contribution in [0.4, 0.5) is 5.82 Å². The van der Waals surface area contributed by atoms with Crippen molar-refractivity contribution in [2.24, 2.45) is 0 Å². The van der Waals surface area contributed by atoms with E-state index in [-0.39, 0.29) is 11.6 Å².